The van der Waals surface area contributed by atoms with Crippen LogP contribution in [-0.4, -0.2) is 36.9 Å². The van der Waals surface area contributed by atoms with Gasteiger partial charge in [0.2, 0.25) is 0 Å². The summed E-state index contributed by atoms with van der Waals surface area (Å²) in [6.45, 7) is 4.25. The van der Waals surface area contributed by atoms with Crippen molar-refractivity contribution in [2.24, 2.45) is 17.8 Å². The molecule has 2 nitrogen and oxygen atoms in total. The van der Waals surface area contributed by atoms with Gasteiger partial charge in [-0.15, -0.1) is 0 Å². The molecule has 0 spiro atoms. The number of carboxylic acid groups (broad SMARTS) is 1. The van der Waals surface area contributed by atoms with Crippen LogP contribution in [0.1, 0.15) is 33.1 Å². The van der Waals surface area contributed by atoms with Crippen LogP contribution in [0, 0.1) is 17.8 Å². The third-order valence-electron chi connectivity index (χ3n) is 2.75. The van der Waals surface area contributed by atoms with Gasteiger partial charge in [0.1, 0.15) is 0 Å². The summed E-state index contributed by atoms with van der Waals surface area (Å²) >= 11 is 0. The van der Waals surface area contributed by atoms with E-state index < -0.39 is 5.97 Å². The van der Waals surface area contributed by atoms with Crippen LogP contribution in [0.25, 0.3) is 0 Å². The Balaban J connectivity index is 0.00000121. The molecule has 12 heavy (non-hydrogen) atoms. The van der Waals surface area contributed by atoms with E-state index in [4.69, 9.17) is 5.11 Å². The number of hydrogen-bond acceptors (Lipinski definition) is 1. The second kappa shape index (κ2) is 5.15. The Hall–Kier alpha value is 0.340. The molecule has 1 saturated carbocycles. The molecule has 3 unspecified atom stereocenters. The summed E-state index contributed by atoms with van der Waals surface area (Å²) < 4.78 is 0. The monoisotopic (exact) mass is 274 g/mol. The van der Waals surface area contributed by atoms with Crippen molar-refractivity contribution in [3.63, 3.8) is 0 Å². The van der Waals surface area contributed by atoms with E-state index in [1.165, 1.54) is 0 Å². The molecule has 1 aliphatic rings. The van der Waals surface area contributed by atoms with Gasteiger partial charge >= 0.3 is 31.8 Å². The van der Waals surface area contributed by atoms with Gasteiger partial charge in [-0.3, -0.25) is 4.79 Å². The third-order valence-corrected chi connectivity index (χ3v) is 2.75. The van der Waals surface area contributed by atoms with Crippen molar-refractivity contribution in [3.8, 4) is 0 Å². The van der Waals surface area contributed by atoms with Crippen LogP contribution in [-0.2, 0) is 4.79 Å². The van der Waals surface area contributed by atoms with Crippen molar-refractivity contribution in [1.82, 2.24) is 0 Å². The number of carbonyl (C=O) groups is 1. The molecule has 1 fully saturated rings. The van der Waals surface area contributed by atoms with Gasteiger partial charge in [-0.2, -0.15) is 0 Å². The molecule has 0 amide bonds. The Morgan fingerprint density at radius 3 is 2.33 bits per heavy atom. The molecule has 0 aromatic carbocycles. The number of hydrogen-bond donors (Lipinski definition) is 1. The zero-order valence-electron chi connectivity index (χ0n) is 7.21. The minimum absolute atomic E-state index is 0. The fourth-order valence-electron chi connectivity index (χ4n) is 2.03. The van der Waals surface area contributed by atoms with Gasteiger partial charge in [-0.25, -0.2) is 0 Å². The molecule has 0 radical (unpaired) electrons. The predicted molar refractivity (Wildman–Crippen MR) is 53.2 cm³/mol. The van der Waals surface area contributed by atoms with Crippen LogP contribution in [0.15, 0.2) is 0 Å². The second-order valence-corrected chi connectivity index (χ2v) is 3.84. The fraction of sp³-hybridized carbons (Fsp3) is 0.889. The normalized spacial score (nSPS) is 35.3. The van der Waals surface area contributed by atoms with E-state index in [9.17, 15) is 4.79 Å². The van der Waals surface area contributed by atoms with Crippen molar-refractivity contribution >= 4 is 31.8 Å². The maximum absolute atomic E-state index is 10.7. The van der Waals surface area contributed by atoms with Crippen LogP contribution in [0.5, 0.6) is 0 Å². The molecule has 1 aliphatic carbocycles. The predicted octanol–water partition coefficient (Wildman–Crippen LogP) is 0.959. The van der Waals surface area contributed by atoms with E-state index in [-0.39, 0.29) is 31.8 Å². The molecular weight excluding hydrogens is 255 g/mol. The van der Waals surface area contributed by atoms with Gasteiger partial charge in [0.15, 0.2) is 0 Å². The Labute approximate surface area is 92.5 Å². The molecule has 0 saturated heterocycles. The van der Waals surface area contributed by atoms with Crippen molar-refractivity contribution in [3.05, 3.63) is 0 Å². The van der Waals surface area contributed by atoms with E-state index in [0.29, 0.717) is 5.92 Å². The third kappa shape index (κ3) is 3.00. The summed E-state index contributed by atoms with van der Waals surface area (Å²) in [7, 11) is 0. The molecule has 3 heteroatoms. The Kier molecular flexibility index (Phi) is 5.30. The van der Waals surface area contributed by atoms with E-state index in [1.807, 2.05) is 0 Å². The zero-order valence-corrected chi connectivity index (χ0v) is 7.21. The van der Waals surface area contributed by atoms with Crippen molar-refractivity contribution in [2.45, 2.75) is 33.1 Å². The number of rotatable bonds is 1. The van der Waals surface area contributed by atoms with Crippen molar-refractivity contribution < 1.29 is 9.90 Å². The summed E-state index contributed by atoms with van der Waals surface area (Å²) in [5.74, 6) is 0.410. The first kappa shape index (κ1) is 12.3. The summed E-state index contributed by atoms with van der Waals surface area (Å²) in [4.78, 5) is 10.7. The van der Waals surface area contributed by atoms with Crippen LogP contribution in [0.2, 0.25) is 0 Å². The van der Waals surface area contributed by atoms with Gasteiger partial charge in [0.05, 0.1) is 5.92 Å². The molecule has 0 aromatic heterocycles. The molecular formula is C9H19InO2. The van der Waals surface area contributed by atoms with Crippen LogP contribution in [0.3, 0.4) is 0 Å². The number of aliphatic carboxylic acids is 1. The molecule has 1 rings (SSSR count). The molecule has 0 heterocycles. The average Bonchev–Trinajstić information content (AvgIpc) is 1.85. The van der Waals surface area contributed by atoms with Gasteiger partial charge in [-0.05, 0) is 31.1 Å². The molecule has 0 bridgehead atoms. The molecule has 0 aromatic rings. The average molecular weight is 274 g/mol. The fourth-order valence-corrected chi connectivity index (χ4v) is 2.03. The van der Waals surface area contributed by atoms with Gasteiger partial charge in [0, 0.05) is 0 Å². The Morgan fingerprint density at radius 2 is 1.92 bits per heavy atom. The van der Waals surface area contributed by atoms with E-state index in [2.05, 4.69) is 13.8 Å². The first-order valence-electron chi connectivity index (χ1n) is 4.34. The van der Waals surface area contributed by atoms with Crippen molar-refractivity contribution in [2.75, 3.05) is 0 Å². The van der Waals surface area contributed by atoms with Crippen LogP contribution < -0.4 is 0 Å². The maximum atomic E-state index is 10.7. The van der Waals surface area contributed by atoms with E-state index >= 15 is 0 Å². The molecule has 1 N–H and O–H groups in total. The summed E-state index contributed by atoms with van der Waals surface area (Å²) in [5, 5.41) is 8.79. The van der Waals surface area contributed by atoms with Gasteiger partial charge in [0.25, 0.3) is 0 Å². The van der Waals surface area contributed by atoms with Crippen LogP contribution >= 0.6 is 0 Å². The second-order valence-electron chi connectivity index (χ2n) is 3.84. The summed E-state index contributed by atoms with van der Waals surface area (Å²) in [6, 6.07) is 0. The van der Waals surface area contributed by atoms with Gasteiger partial charge < -0.3 is 5.11 Å². The zero-order chi connectivity index (χ0) is 8.43. The van der Waals surface area contributed by atoms with Crippen molar-refractivity contribution in [1.29, 1.82) is 0 Å². The Morgan fingerprint density at radius 1 is 1.33 bits per heavy atom. The molecule has 0 aliphatic heterocycles. The first-order chi connectivity index (χ1) is 5.11. The minimum atomic E-state index is -0.607. The van der Waals surface area contributed by atoms with E-state index in [0.717, 1.165) is 25.2 Å². The first-order valence-corrected chi connectivity index (χ1v) is 4.34. The van der Waals surface area contributed by atoms with Gasteiger partial charge in [-0.1, -0.05) is 13.8 Å². The summed E-state index contributed by atoms with van der Waals surface area (Å²) in [5.41, 5.74) is 0. The molecule has 3 atom stereocenters. The van der Waals surface area contributed by atoms with Crippen LogP contribution in [0.4, 0.5) is 0 Å². The van der Waals surface area contributed by atoms with E-state index in [1.54, 1.807) is 0 Å². The topological polar surface area (TPSA) is 37.3 Å². The standard InChI is InChI=1S/C9H16O2.In.3H/c1-6-3-4-8(9(10)11)7(2)5-6;;;;/h6-8H,3-5H2,1-2H3,(H,10,11);;;;. The quantitative estimate of drug-likeness (QED) is 0.773. The SMILES string of the molecule is CC1CCC(C(=O)O)C(C)C1.[InH3]. The number of carboxylic acids is 1. The Bertz CT molecular complexity index is 159. The summed E-state index contributed by atoms with van der Waals surface area (Å²) in [6.07, 6.45) is 3.04. The molecule has 70 valence electrons.